The van der Waals surface area contributed by atoms with Gasteiger partial charge in [0, 0.05) is 53.4 Å². The molecule has 4 heterocycles. The Kier molecular flexibility index (Phi) is 5.16. The summed E-state index contributed by atoms with van der Waals surface area (Å²) < 4.78 is 4.51. The lowest BCUT2D eigenvalue weighted by Gasteiger charge is -2.23. The maximum atomic E-state index is 9.29. The highest BCUT2D eigenvalue weighted by atomic mass is 15.0. The van der Waals surface area contributed by atoms with Gasteiger partial charge in [0.05, 0.1) is 29.0 Å². The van der Waals surface area contributed by atoms with E-state index in [4.69, 9.17) is 4.98 Å². The summed E-state index contributed by atoms with van der Waals surface area (Å²) in [7, 11) is 2.07. The molecule has 5 heteroatoms. The molecular weight excluding hydrogens is 418 g/mol. The third-order valence-corrected chi connectivity index (χ3v) is 7.20. The molecule has 0 atom stereocenters. The highest BCUT2D eigenvalue weighted by molar-refractivity contribution is 6.02. The van der Waals surface area contributed by atoms with Crippen molar-refractivity contribution in [3.8, 4) is 28.5 Å². The molecule has 168 valence electrons. The van der Waals surface area contributed by atoms with Crippen molar-refractivity contribution in [2.75, 3.05) is 13.1 Å². The third-order valence-electron chi connectivity index (χ3n) is 7.20. The fourth-order valence-corrected chi connectivity index (χ4v) is 5.31. The van der Waals surface area contributed by atoms with E-state index >= 15 is 0 Å². The van der Waals surface area contributed by atoms with Gasteiger partial charge in [-0.2, -0.15) is 5.26 Å². The van der Waals surface area contributed by atoms with E-state index in [1.807, 2.05) is 30.5 Å². The molecule has 1 aliphatic heterocycles. The van der Waals surface area contributed by atoms with Crippen LogP contribution in [0.4, 0.5) is 0 Å². The van der Waals surface area contributed by atoms with E-state index in [0.717, 1.165) is 42.0 Å². The van der Waals surface area contributed by atoms with Gasteiger partial charge >= 0.3 is 0 Å². The first-order chi connectivity index (χ1) is 16.7. The zero-order valence-corrected chi connectivity index (χ0v) is 19.3. The van der Waals surface area contributed by atoms with Gasteiger partial charge in [-0.1, -0.05) is 18.2 Å². The molecule has 3 aromatic heterocycles. The Labute approximate surface area is 199 Å². The van der Waals surface area contributed by atoms with Crippen molar-refractivity contribution in [1.82, 2.24) is 19.4 Å². The largest absolute Gasteiger partial charge is 0.351 e. The molecule has 1 aliphatic rings. The lowest BCUT2D eigenvalue weighted by molar-refractivity contribution is 0.337. The molecule has 5 nitrogen and oxygen atoms in total. The summed E-state index contributed by atoms with van der Waals surface area (Å²) in [5, 5.41) is 15.2. The maximum absolute atomic E-state index is 9.29. The second kappa shape index (κ2) is 8.48. The van der Waals surface area contributed by atoms with Crippen LogP contribution in [-0.2, 0) is 13.6 Å². The summed E-state index contributed by atoms with van der Waals surface area (Å²) >= 11 is 0. The smallest absolute Gasteiger partial charge is 0.0991 e. The minimum absolute atomic E-state index is 0.666. The van der Waals surface area contributed by atoms with Crippen LogP contribution in [0.3, 0.4) is 0 Å². The molecule has 0 saturated carbocycles. The molecule has 0 spiro atoms. The van der Waals surface area contributed by atoms with Crippen molar-refractivity contribution in [3.05, 3.63) is 78.8 Å². The first-order valence-electron chi connectivity index (χ1n) is 12.0. The van der Waals surface area contributed by atoms with Gasteiger partial charge in [-0.05, 0) is 73.8 Å². The monoisotopic (exact) mass is 445 g/mol. The molecule has 34 heavy (non-hydrogen) atoms. The van der Waals surface area contributed by atoms with Gasteiger partial charge in [-0.25, -0.2) is 0 Å². The molecule has 0 unspecified atom stereocenters. The van der Waals surface area contributed by atoms with E-state index in [1.54, 1.807) is 0 Å². The van der Waals surface area contributed by atoms with Crippen LogP contribution in [0, 0.1) is 17.2 Å². The van der Waals surface area contributed by atoms with Gasteiger partial charge in [-0.15, -0.1) is 0 Å². The number of piperidine rings is 1. The minimum atomic E-state index is 0.666. The van der Waals surface area contributed by atoms with Crippen molar-refractivity contribution < 1.29 is 0 Å². The van der Waals surface area contributed by atoms with Crippen LogP contribution >= 0.6 is 0 Å². The number of pyridine rings is 1. The molecule has 6 rings (SSSR count). The maximum Gasteiger partial charge on any atom is 0.0991 e. The van der Waals surface area contributed by atoms with Gasteiger partial charge in [0.2, 0.25) is 0 Å². The van der Waals surface area contributed by atoms with Crippen molar-refractivity contribution >= 4 is 21.8 Å². The third kappa shape index (κ3) is 3.57. The summed E-state index contributed by atoms with van der Waals surface area (Å²) in [4.78, 5) is 5.03. The molecule has 5 aromatic rings. The fraction of sp³-hybridized carbons (Fsp3) is 0.241. The van der Waals surface area contributed by atoms with Crippen LogP contribution in [0.1, 0.15) is 18.4 Å². The molecule has 1 N–H and O–H groups in total. The van der Waals surface area contributed by atoms with Crippen LogP contribution in [0.15, 0.2) is 73.2 Å². The van der Waals surface area contributed by atoms with Crippen LogP contribution in [-0.4, -0.2) is 27.2 Å². The molecular formula is C29H27N5. The second-order valence-corrected chi connectivity index (χ2v) is 9.33. The Hall–Kier alpha value is -3.88. The number of nitrogens with zero attached hydrogens (tertiary/aromatic N) is 4. The van der Waals surface area contributed by atoms with Crippen LogP contribution in [0.5, 0.6) is 0 Å². The highest BCUT2D eigenvalue weighted by Crippen LogP contribution is 2.38. The average molecular weight is 446 g/mol. The number of fused-ring (bicyclic) bond motifs is 2. The Bertz CT molecular complexity index is 1530. The lowest BCUT2D eigenvalue weighted by Crippen LogP contribution is -2.29. The summed E-state index contributed by atoms with van der Waals surface area (Å²) in [6.07, 6.45) is 8.77. The highest BCUT2D eigenvalue weighted by Gasteiger charge is 2.19. The Morgan fingerprint density at radius 1 is 0.971 bits per heavy atom. The topological polar surface area (TPSA) is 58.6 Å². The molecule has 1 fully saturated rings. The predicted octanol–water partition coefficient (Wildman–Crippen LogP) is 5.73. The van der Waals surface area contributed by atoms with E-state index in [1.165, 1.54) is 34.6 Å². The van der Waals surface area contributed by atoms with E-state index in [0.29, 0.717) is 11.5 Å². The van der Waals surface area contributed by atoms with Crippen molar-refractivity contribution in [2.24, 2.45) is 13.0 Å². The zero-order chi connectivity index (χ0) is 23.1. The molecule has 0 aliphatic carbocycles. The number of nitrogens with one attached hydrogen (secondary N) is 1. The zero-order valence-electron chi connectivity index (χ0n) is 19.3. The predicted molar refractivity (Wildman–Crippen MR) is 137 cm³/mol. The summed E-state index contributed by atoms with van der Waals surface area (Å²) in [6.45, 7) is 3.23. The number of rotatable bonds is 4. The van der Waals surface area contributed by atoms with Crippen LogP contribution < -0.4 is 5.32 Å². The van der Waals surface area contributed by atoms with Gasteiger partial charge < -0.3 is 14.5 Å². The summed E-state index contributed by atoms with van der Waals surface area (Å²) in [6, 6.07) is 21.0. The van der Waals surface area contributed by atoms with Crippen molar-refractivity contribution in [1.29, 1.82) is 5.26 Å². The van der Waals surface area contributed by atoms with Crippen LogP contribution in [0.25, 0.3) is 44.2 Å². The second-order valence-electron chi connectivity index (χ2n) is 9.33. The van der Waals surface area contributed by atoms with E-state index in [-0.39, 0.29) is 0 Å². The number of nitriles is 1. The van der Waals surface area contributed by atoms with Crippen LogP contribution in [0.2, 0.25) is 0 Å². The van der Waals surface area contributed by atoms with Gasteiger partial charge in [0.25, 0.3) is 0 Å². The SMILES string of the molecule is Cn1ccc2cc(-c3ncc4c(ccn4CC4CCNCC4)c3-c3ccc(C#N)cc3)ccc21. The first kappa shape index (κ1) is 20.7. The first-order valence-corrected chi connectivity index (χ1v) is 12.0. The van der Waals surface area contributed by atoms with Crippen molar-refractivity contribution in [3.63, 3.8) is 0 Å². The normalized spacial score (nSPS) is 14.6. The Balaban J connectivity index is 1.52. The van der Waals surface area contributed by atoms with Gasteiger partial charge in [0.1, 0.15) is 0 Å². The number of hydrogen-bond acceptors (Lipinski definition) is 3. The lowest BCUT2D eigenvalue weighted by atomic mass is 9.95. The van der Waals surface area contributed by atoms with E-state index in [9.17, 15) is 5.26 Å². The minimum Gasteiger partial charge on any atom is -0.351 e. The molecule has 1 saturated heterocycles. The molecule has 0 radical (unpaired) electrons. The van der Waals surface area contributed by atoms with Gasteiger partial charge in [-0.3, -0.25) is 4.98 Å². The van der Waals surface area contributed by atoms with Crippen molar-refractivity contribution in [2.45, 2.75) is 19.4 Å². The number of aromatic nitrogens is 3. The number of aryl methyl sites for hydroxylation is 1. The number of benzene rings is 2. The standard InChI is InChI=1S/C29H27N5/c1-33-14-10-23-16-24(6-7-26(23)33)29-28(22-4-2-20(17-30)3-5-22)25-11-15-34(27(25)18-32-29)19-21-8-12-31-13-9-21/h2-7,10-11,14-16,18,21,31H,8-9,12-13,19H2,1H3. The number of hydrogen-bond donors (Lipinski definition) is 1. The quantitative estimate of drug-likeness (QED) is 0.384. The Morgan fingerprint density at radius 3 is 2.56 bits per heavy atom. The Morgan fingerprint density at radius 2 is 1.76 bits per heavy atom. The molecule has 0 amide bonds. The fourth-order valence-electron chi connectivity index (χ4n) is 5.31. The summed E-state index contributed by atoms with van der Waals surface area (Å²) in [5.41, 5.74) is 7.33. The average Bonchev–Trinajstić information content (AvgIpc) is 3.47. The van der Waals surface area contributed by atoms with Gasteiger partial charge in [0.15, 0.2) is 0 Å². The van der Waals surface area contributed by atoms with E-state index < -0.39 is 0 Å². The summed E-state index contributed by atoms with van der Waals surface area (Å²) in [5.74, 6) is 0.690. The molecule has 2 aromatic carbocycles. The molecule has 0 bridgehead atoms. The van der Waals surface area contributed by atoms with E-state index in [2.05, 4.69) is 70.3 Å².